The van der Waals surface area contributed by atoms with E-state index in [1.54, 1.807) is 23.1 Å². The monoisotopic (exact) mass is 405 g/mol. The lowest BCUT2D eigenvalue weighted by Crippen LogP contribution is -2.05. The fourth-order valence-corrected chi connectivity index (χ4v) is 4.94. The average molecular weight is 406 g/mol. The third-order valence-corrected chi connectivity index (χ3v) is 6.69. The maximum Gasteiger partial charge on any atom is 0.225 e. The van der Waals surface area contributed by atoms with Crippen LogP contribution in [0.15, 0.2) is 32.9 Å². The lowest BCUT2D eigenvalue weighted by atomic mass is 10.0. The molecule has 0 aliphatic heterocycles. The molecule has 0 amide bonds. The van der Waals surface area contributed by atoms with Gasteiger partial charge in [-0.1, -0.05) is 73.0 Å². The summed E-state index contributed by atoms with van der Waals surface area (Å²) in [4.78, 5) is 11.9. The van der Waals surface area contributed by atoms with E-state index in [1.165, 1.54) is 22.9 Å². The quantitative estimate of drug-likeness (QED) is 0.568. The van der Waals surface area contributed by atoms with Crippen LogP contribution in [0.4, 0.5) is 11.9 Å². The third-order valence-electron chi connectivity index (χ3n) is 3.44. The van der Waals surface area contributed by atoms with Crippen molar-refractivity contribution in [1.29, 1.82) is 0 Å². The number of nitrogens with two attached hydrogens (primary N) is 2. The number of rotatable bonds is 7. The van der Waals surface area contributed by atoms with Gasteiger partial charge in [0.1, 0.15) is 5.82 Å². The molecule has 26 heavy (non-hydrogen) atoms. The Morgan fingerprint density at radius 2 is 1.46 bits per heavy atom. The van der Waals surface area contributed by atoms with E-state index in [2.05, 4.69) is 63.3 Å². The number of benzene rings is 1. The van der Waals surface area contributed by atoms with Gasteiger partial charge >= 0.3 is 0 Å². The van der Waals surface area contributed by atoms with Crippen molar-refractivity contribution in [2.75, 3.05) is 11.5 Å². The van der Waals surface area contributed by atoms with Crippen LogP contribution < -0.4 is 11.5 Å². The molecule has 0 aliphatic carbocycles. The zero-order valence-corrected chi connectivity index (χ0v) is 16.9. The minimum atomic E-state index is 0.130. The Kier molecular flexibility index (Phi) is 6.28. The summed E-state index contributed by atoms with van der Waals surface area (Å²) in [5, 5.41) is 8.44. The molecule has 0 saturated heterocycles. The van der Waals surface area contributed by atoms with E-state index in [4.69, 9.17) is 11.5 Å². The number of nitrogens with zero attached hydrogens (tertiary/aromatic N) is 5. The summed E-state index contributed by atoms with van der Waals surface area (Å²) in [5.74, 6) is 2.74. The highest BCUT2D eigenvalue weighted by atomic mass is 32.2. The number of aromatic nitrogens is 5. The SMILES string of the molecule is CC(C)c1ccc(CSc2nnc(SCc3nc(N)nc(N)n3)s2)cc1. The fourth-order valence-electron chi connectivity index (χ4n) is 2.11. The summed E-state index contributed by atoms with van der Waals surface area (Å²) >= 11 is 4.75. The molecule has 0 spiro atoms. The summed E-state index contributed by atoms with van der Waals surface area (Å²) in [6, 6.07) is 8.73. The van der Waals surface area contributed by atoms with Crippen LogP contribution in [0.5, 0.6) is 0 Å². The second-order valence-corrected chi connectivity index (χ2v) is 9.20. The predicted octanol–water partition coefficient (Wildman–Crippen LogP) is 3.60. The molecule has 136 valence electrons. The lowest BCUT2D eigenvalue weighted by molar-refractivity contribution is 0.866. The van der Waals surface area contributed by atoms with Gasteiger partial charge in [0.05, 0.1) is 5.75 Å². The molecule has 3 rings (SSSR count). The van der Waals surface area contributed by atoms with Crippen molar-refractivity contribution in [2.24, 2.45) is 0 Å². The lowest BCUT2D eigenvalue weighted by Gasteiger charge is -2.05. The van der Waals surface area contributed by atoms with E-state index >= 15 is 0 Å². The van der Waals surface area contributed by atoms with Crippen molar-refractivity contribution in [1.82, 2.24) is 25.1 Å². The summed E-state index contributed by atoms with van der Waals surface area (Å²) < 4.78 is 1.80. The molecule has 0 saturated carbocycles. The topological polar surface area (TPSA) is 116 Å². The van der Waals surface area contributed by atoms with Gasteiger partial charge in [0, 0.05) is 5.75 Å². The van der Waals surface area contributed by atoms with Gasteiger partial charge < -0.3 is 11.5 Å². The van der Waals surface area contributed by atoms with Crippen molar-refractivity contribution >= 4 is 46.8 Å². The van der Waals surface area contributed by atoms with E-state index in [0.717, 1.165) is 14.4 Å². The second kappa shape index (κ2) is 8.65. The highest BCUT2D eigenvalue weighted by molar-refractivity contribution is 8.02. The molecule has 0 bridgehead atoms. The molecule has 2 heterocycles. The van der Waals surface area contributed by atoms with Crippen molar-refractivity contribution in [3.63, 3.8) is 0 Å². The number of hydrogen-bond donors (Lipinski definition) is 2. The van der Waals surface area contributed by atoms with E-state index in [-0.39, 0.29) is 11.9 Å². The average Bonchev–Trinajstić information content (AvgIpc) is 3.06. The molecule has 0 atom stereocenters. The Bertz CT molecular complexity index is 844. The Balaban J connectivity index is 1.52. The molecule has 0 unspecified atom stereocenters. The maximum atomic E-state index is 5.57. The van der Waals surface area contributed by atoms with Crippen LogP contribution >= 0.6 is 34.9 Å². The second-order valence-electron chi connectivity index (χ2n) is 5.78. The van der Waals surface area contributed by atoms with Gasteiger partial charge in [0.15, 0.2) is 8.68 Å². The Hall–Kier alpha value is -1.91. The highest BCUT2D eigenvalue weighted by Gasteiger charge is 2.09. The van der Waals surface area contributed by atoms with Crippen LogP contribution in [0.2, 0.25) is 0 Å². The van der Waals surface area contributed by atoms with Crippen LogP contribution in [-0.2, 0) is 11.5 Å². The first-order valence-corrected chi connectivity index (χ1v) is 10.7. The summed E-state index contributed by atoms with van der Waals surface area (Å²) in [7, 11) is 0. The van der Waals surface area contributed by atoms with E-state index in [0.29, 0.717) is 17.5 Å². The molecule has 10 heteroatoms. The first kappa shape index (κ1) is 18.9. The molecule has 7 nitrogen and oxygen atoms in total. The molecule has 0 radical (unpaired) electrons. The maximum absolute atomic E-state index is 5.57. The third kappa shape index (κ3) is 5.29. The van der Waals surface area contributed by atoms with Crippen molar-refractivity contribution in [3.05, 3.63) is 41.2 Å². The first-order chi connectivity index (χ1) is 12.5. The Morgan fingerprint density at radius 1 is 0.885 bits per heavy atom. The molecular formula is C16H19N7S3. The Morgan fingerprint density at radius 3 is 2.04 bits per heavy atom. The van der Waals surface area contributed by atoms with Crippen LogP contribution in [0.25, 0.3) is 0 Å². The standard InChI is InChI=1S/C16H19N7S3/c1-9(2)11-5-3-10(4-6-11)7-24-15-22-23-16(26-15)25-8-12-19-13(17)21-14(18)20-12/h3-6,9H,7-8H2,1-2H3,(H4,17,18,19,20,21). The molecule has 0 fully saturated rings. The summed E-state index contributed by atoms with van der Waals surface area (Å²) in [6.45, 7) is 4.40. The Labute approximate surface area is 164 Å². The molecular weight excluding hydrogens is 386 g/mol. The number of anilines is 2. The van der Waals surface area contributed by atoms with E-state index < -0.39 is 0 Å². The molecule has 4 N–H and O–H groups in total. The molecule has 1 aromatic carbocycles. The van der Waals surface area contributed by atoms with E-state index in [1.807, 2.05) is 0 Å². The zero-order chi connectivity index (χ0) is 18.5. The smallest absolute Gasteiger partial charge is 0.225 e. The van der Waals surface area contributed by atoms with Gasteiger partial charge in [0.2, 0.25) is 11.9 Å². The minimum Gasteiger partial charge on any atom is -0.368 e. The van der Waals surface area contributed by atoms with Crippen LogP contribution in [0, 0.1) is 0 Å². The normalized spacial score (nSPS) is 11.2. The highest BCUT2D eigenvalue weighted by Crippen LogP contribution is 2.32. The number of hydrogen-bond acceptors (Lipinski definition) is 10. The van der Waals surface area contributed by atoms with Crippen molar-refractivity contribution in [2.45, 2.75) is 40.0 Å². The van der Waals surface area contributed by atoms with Gasteiger partial charge in [-0.25, -0.2) is 0 Å². The minimum absolute atomic E-state index is 0.130. The first-order valence-electron chi connectivity index (χ1n) is 7.93. The van der Waals surface area contributed by atoms with Crippen molar-refractivity contribution in [3.8, 4) is 0 Å². The van der Waals surface area contributed by atoms with Gasteiger partial charge in [-0.15, -0.1) is 10.2 Å². The summed E-state index contributed by atoms with van der Waals surface area (Å²) in [5.41, 5.74) is 13.8. The van der Waals surface area contributed by atoms with Gasteiger partial charge in [-0.05, 0) is 17.0 Å². The van der Waals surface area contributed by atoms with Crippen molar-refractivity contribution < 1.29 is 0 Å². The number of thioether (sulfide) groups is 2. The molecule has 0 aliphatic rings. The van der Waals surface area contributed by atoms with Gasteiger partial charge in [-0.2, -0.15) is 15.0 Å². The largest absolute Gasteiger partial charge is 0.368 e. The van der Waals surface area contributed by atoms with Gasteiger partial charge in [0.25, 0.3) is 0 Å². The van der Waals surface area contributed by atoms with Gasteiger partial charge in [-0.3, -0.25) is 0 Å². The molecule has 3 aromatic rings. The van der Waals surface area contributed by atoms with E-state index in [9.17, 15) is 0 Å². The fraction of sp³-hybridized carbons (Fsp3) is 0.312. The predicted molar refractivity (Wildman–Crippen MR) is 108 cm³/mol. The molecule has 2 aromatic heterocycles. The number of nitrogen functional groups attached to an aromatic ring is 2. The van der Waals surface area contributed by atoms with Crippen LogP contribution in [-0.4, -0.2) is 25.1 Å². The van der Waals surface area contributed by atoms with Crippen LogP contribution in [0.3, 0.4) is 0 Å². The van der Waals surface area contributed by atoms with Crippen LogP contribution in [0.1, 0.15) is 36.7 Å². The zero-order valence-electron chi connectivity index (χ0n) is 14.4. The summed E-state index contributed by atoms with van der Waals surface area (Å²) in [6.07, 6.45) is 0.